The highest BCUT2D eigenvalue weighted by Crippen LogP contribution is 2.20. The van der Waals surface area contributed by atoms with Gasteiger partial charge in [-0.1, -0.05) is 6.92 Å². The van der Waals surface area contributed by atoms with Crippen molar-refractivity contribution in [3.8, 4) is 0 Å². The minimum absolute atomic E-state index is 0.0647. The standard InChI is InChI=1S/C15H24FN3O/c1-5-15(2,3)19(4)9-8-14(20)18-13-7-6-11(16)10-12(13)17/h6-7,10H,5,8-9,17H2,1-4H3,(H,18,20). The summed E-state index contributed by atoms with van der Waals surface area (Å²) in [6.07, 6.45) is 1.38. The third-order valence-corrected chi connectivity index (χ3v) is 3.86. The van der Waals surface area contributed by atoms with Gasteiger partial charge in [0.1, 0.15) is 5.82 Å². The summed E-state index contributed by atoms with van der Waals surface area (Å²) in [5, 5.41) is 2.70. The van der Waals surface area contributed by atoms with E-state index < -0.39 is 5.82 Å². The molecule has 0 atom stereocenters. The number of hydrogen-bond acceptors (Lipinski definition) is 3. The first kappa shape index (κ1) is 16.4. The molecule has 0 saturated carbocycles. The van der Waals surface area contributed by atoms with E-state index in [1.54, 1.807) is 0 Å². The lowest BCUT2D eigenvalue weighted by atomic mass is 10.00. The largest absolute Gasteiger partial charge is 0.397 e. The predicted molar refractivity (Wildman–Crippen MR) is 81.1 cm³/mol. The van der Waals surface area contributed by atoms with Gasteiger partial charge < -0.3 is 16.0 Å². The van der Waals surface area contributed by atoms with Gasteiger partial charge in [0.2, 0.25) is 5.91 Å². The number of anilines is 2. The van der Waals surface area contributed by atoms with E-state index in [9.17, 15) is 9.18 Å². The summed E-state index contributed by atoms with van der Waals surface area (Å²) in [7, 11) is 2.00. The predicted octanol–water partition coefficient (Wildman–Crippen LogP) is 2.86. The summed E-state index contributed by atoms with van der Waals surface area (Å²) in [5.74, 6) is -0.535. The monoisotopic (exact) mass is 281 g/mol. The average molecular weight is 281 g/mol. The number of nitrogens with one attached hydrogen (secondary N) is 1. The van der Waals surface area contributed by atoms with Crippen molar-refractivity contribution in [2.45, 2.75) is 39.2 Å². The van der Waals surface area contributed by atoms with Crippen molar-refractivity contribution in [1.29, 1.82) is 0 Å². The number of carbonyl (C=O) groups is 1. The Morgan fingerprint density at radius 1 is 1.45 bits per heavy atom. The fourth-order valence-corrected chi connectivity index (χ4v) is 1.70. The number of hydrogen-bond donors (Lipinski definition) is 2. The van der Waals surface area contributed by atoms with Crippen LogP contribution in [0, 0.1) is 5.82 Å². The molecule has 0 radical (unpaired) electrons. The highest BCUT2D eigenvalue weighted by atomic mass is 19.1. The maximum Gasteiger partial charge on any atom is 0.225 e. The Hall–Kier alpha value is -1.62. The van der Waals surface area contributed by atoms with Crippen LogP contribution in [0.15, 0.2) is 18.2 Å². The van der Waals surface area contributed by atoms with Crippen LogP contribution >= 0.6 is 0 Å². The normalized spacial score (nSPS) is 11.7. The van der Waals surface area contributed by atoms with E-state index in [1.807, 2.05) is 7.05 Å². The molecule has 3 N–H and O–H groups in total. The first-order valence-electron chi connectivity index (χ1n) is 6.82. The quantitative estimate of drug-likeness (QED) is 0.788. The average Bonchev–Trinajstić information content (AvgIpc) is 2.39. The van der Waals surface area contributed by atoms with Gasteiger partial charge in [0, 0.05) is 18.5 Å². The van der Waals surface area contributed by atoms with Crippen LogP contribution in [0.25, 0.3) is 0 Å². The zero-order chi connectivity index (χ0) is 15.3. The van der Waals surface area contributed by atoms with Gasteiger partial charge in [-0.05, 0) is 45.5 Å². The van der Waals surface area contributed by atoms with E-state index in [4.69, 9.17) is 5.73 Å². The van der Waals surface area contributed by atoms with Crippen molar-refractivity contribution in [3.05, 3.63) is 24.0 Å². The number of amides is 1. The summed E-state index contributed by atoms with van der Waals surface area (Å²) in [6.45, 7) is 7.06. The highest BCUT2D eigenvalue weighted by molar-refractivity contribution is 5.93. The molecule has 0 unspecified atom stereocenters. The molecule has 0 saturated heterocycles. The molecule has 0 aliphatic carbocycles. The van der Waals surface area contributed by atoms with Gasteiger partial charge in [0.05, 0.1) is 11.4 Å². The van der Waals surface area contributed by atoms with Gasteiger partial charge in [0.15, 0.2) is 0 Å². The molecule has 4 nitrogen and oxygen atoms in total. The Morgan fingerprint density at radius 3 is 2.65 bits per heavy atom. The second-order valence-electron chi connectivity index (χ2n) is 5.62. The molecular formula is C15H24FN3O. The zero-order valence-corrected chi connectivity index (χ0v) is 12.7. The highest BCUT2D eigenvalue weighted by Gasteiger charge is 2.21. The molecule has 1 aromatic rings. The summed E-state index contributed by atoms with van der Waals surface area (Å²) in [4.78, 5) is 14.0. The molecule has 5 heteroatoms. The Bertz CT molecular complexity index is 474. The summed E-state index contributed by atoms with van der Waals surface area (Å²) in [6, 6.07) is 3.95. The lowest BCUT2D eigenvalue weighted by Gasteiger charge is -2.34. The van der Waals surface area contributed by atoms with Gasteiger partial charge in [-0.25, -0.2) is 4.39 Å². The second-order valence-corrected chi connectivity index (χ2v) is 5.62. The van der Waals surface area contributed by atoms with E-state index in [2.05, 4.69) is 31.0 Å². The van der Waals surface area contributed by atoms with Gasteiger partial charge in [-0.2, -0.15) is 0 Å². The Morgan fingerprint density at radius 2 is 2.10 bits per heavy atom. The zero-order valence-electron chi connectivity index (χ0n) is 12.7. The Balaban J connectivity index is 2.52. The summed E-state index contributed by atoms with van der Waals surface area (Å²) in [5.41, 5.74) is 6.41. The molecule has 1 amide bonds. The van der Waals surface area contributed by atoms with Crippen LogP contribution in [0.2, 0.25) is 0 Å². The van der Waals surface area contributed by atoms with Crippen molar-refractivity contribution >= 4 is 17.3 Å². The number of halogens is 1. The van der Waals surface area contributed by atoms with Crippen molar-refractivity contribution < 1.29 is 9.18 Å². The fourth-order valence-electron chi connectivity index (χ4n) is 1.70. The first-order valence-corrected chi connectivity index (χ1v) is 6.82. The van der Waals surface area contributed by atoms with Gasteiger partial charge >= 0.3 is 0 Å². The number of benzene rings is 1. The Kier molecular flexibility index (Phi) is 5.51. The molecule has 20 heavy (non-hydrogen) atoms. The van der Waals surface area contributed by atoms with Crippen LogP contribution in [0.5, 0.6) is 0 Å². The minimum Gasteiger partial charge on any atom is -0.397 e. The van der Waals surface area contributed by atoms with E-state index in [-0.39, 0.29) is 17.1 Å². The fraction of sp³-hybridized carbons (Fsp3) is 0.533. The summed E-state index contributed by atoms with van der Waals surface area (Å²) >= 11 is 0. The van der Waals surface area contributed by atoms with Crippen LogP contribution in [0.3, 0.4) is 0 Å². The third-order valence-electron chi connectivity index (χ3n) is 3.86. The molecule has 0 aromatic heterocycles. The smallest absolute Gasteiger partial charge is 0.225 e. The molecule has 1 aromatic carbocycles. The maximum absolute atomic E-state index is 12.9. The Labute approximate surface area is 120 Å². The number of rotatable bonds is 6. The second kappa shape index (κ2) is 6.70. The molecule has 0 spiro atoms. The lowest BCUT2D eigenvalue weighted by molar-refractivity contribution is -0.116. The molecular weight excluding hydrogens is 257 g/mol. The van der Waals surface area contributed by atoms with Crippen molar-refractivity contribution in [2.24, 2.45) is 0 Å². The van der Waals surface area contributed by atoms with Gasteiger partial charge in [-0.3, -0.25) is 4.79 Å². The molecule has 112 valence electrons. The SMILES string of the molecule is CCC(C)(C)N(C)CCC(=O)Nc1ccc(F)cc1N. The van der Waals surface area contributed by atoms with Crippen molar-refractivity contribution in [2.75, 3.05) is 24.6 Å². The van der Waals surface area contributed by atoms with Gasteiger partial charge in [0.25, 0.3) is 0 Å². The van der Waals surface area contributed by atoms with Crippen LogP contribution in [0.1, 0.15) is 33.6 Å². The van der Waals surface area contributed by atoms with E-state index in [1.165, 1.54) is 18.2 Å². The number of nitrogens with two attached hydrogens (primary N) is 1. The lowest BCUT2D eigenvalue weighted by Crippen LogP contribution is -2.41. The number of nitrogens with zero attached hydrogens (tertiary/aromatic N) is 1. The van der Waals surface area contributed by atoms with E-state index in [0.29, 0.717) is 18.7 Å². The van der Waals surface area contributed by atoms with Crippen molar-refractivity contribution in [3.63, 3.8) is 0 Å². The van der Waals surface area contributed by atoms with E-state index >= 15 is 0 Å². The van der Waals surface area contributed by atoms with Gasteiger partial charge in [-0.15, -0.1) is 0 Å². The summed E-state index contributed by atoms with van der Waals surface area (Å²) < 4.78 is 12.9. The molecule has 1 rings (SSSR count). The molecule has 0 fully saturated rings. The van der Waals surface area contributed by atoms with Crippen LogP contribution < -0.4 is 11.1 Å². The minimum atomic E-state index is -0.412. The number of nitrogen functional groups attached to an aromatic ring is 1. The molecule has 0 heterocycles. The third kappa shape index (κ3) is 4.49. The van der Waals surface area contributed by atoms with Crippen molar-refractivity contribution in [1.82, 2.24) is 4.90 Å². The van der Waals surface area contributed by atoms with Crippen LogP contribution in [0.4, 0.5) is 15.8 Å². The van der Waals surface area contributed by atoms with E-state index in [0.717, 1.165) is 6.42 Å². The van der Waals surface area contributed by atoms with Crippen LogP contribution in [-0.2, 0) is 4.79 Å². The first-order chi connectivity index (χ1) is 9.26. The molecule has 0 aliphatic heterocycles. The topological polar surface area (TPSA) is 58.4 Å². The van der Waals surface area contributed by atoms with Crippen LogP contribution in [-0.4, -0.2) is 29.9 Å². The molecule has 0 bridgehead atoms. The number of carbonyl (C=O) groups excluding carboxylic acids is 1. The molecule has 0 aliphatic rings. The maximum atomic E-state index is 12.9.